The number of carbonyl (C=O) groups is 2. The minimum atomic E-state index is -0.555. The van der Waals surface area contributed by atoms with Crippen LogP contribution in [0.15, 0.2) is 48.5 Å². The Hall–Kier alpha value is -2.67. The number of methoxy groups -OCH3 is 2. The number of hydrogen-bond acceptors (Lipinski definition) is 5. The van der Waals surface area contributed by atoms with E-state index in [9.17, 15) is 9.59 Å². The Morgan fingerprint density at radius 3 is 2.00 bits per heavy atom. The van der Waals surface area contributed by atoms with Crippen LogP contribution in [0.5, 0.6) is 11.5 Å². The summed E-state index contributed by atoms with van der Waals surface area (Å²) in [7, 11) is 3.25. The largest absolute Gasteiger partial charge is 0.497 e. The Labute approximate surface area is 182 Å². The van der Waals surface area contributed by atoms with Crippen molar-refractivity contribution < 1.29 is 19.1 Å². The number of carbonyl (C=O) groups excluding carboxylic acids is 2. The van der Waals surface area contributed by atoms with E-state index >= 15 is 0 Å². The van der Waals surface area contributed by atoms with Gasteiger partial charge in [-0.25, -0.2) is 0 Å². The van der Waals surface area contributed by atoms with E-state index in [1.54, 1.807) is 26.0 Å². The fourth-order valence-electron chi connectivity index (χ4n) is 2.89. The maximum Gasteiger partial charge on any atom is 0.242 e. The Balaban J connectivity index is 2.03. The van der Waals surface area contributed by atoms with E-state index in [2.05, 4.69) is 5.32 Å². The van der Waals surface area contributed by atoms with Gasteiger partial charge in [0.1, 0.15) is 17.5 Å². The number of likely N-dealkylation sites (N-methyl/N-ethyl adjacent to an activating group) is 1. The minimum absolute atomic E-state index is 0.0666. The molecular weight excluding hydrogens is 400 g/mol. The molecule has 0 saturated heterocycles. The zero-order chi connectivity index (χ0) is 21.9. The molecule has 0 heterocycles. The molecule has 0 aliphatic rings. The molecule has 162 valence electrons. The average molecular weight is 431 g/mol. The van der Waals surface area contributed by atoms with Gasteiger partial charge in [0.2, 0.25) is 11.8 Å². The average Bonchev–Trinajstić information content (AvgIpc) is 2.78. The molecule has 2 aromatic carbocycles. The Morgan fingerprint density at radius 1 is 0.967 bits per heavy atom. The van der Waals surface area contributed by atoms with Gasteiger partial charge in [-0.05, 0) is 49.2 Å². The van der Waals surface area contributed by atoms with Crippen molar-refractivity contribution in [3.8, 4) is 11.5 Å². The van der Waals surface area contributed by atoms with Crippen molar-refractivity contribution in [2.75, 3.05) is 26.5 Å². The number of nitrogens with zero attached hydrogens (tertiary/aromatic N) is 1. The molecule has 1 atom stereocenters. The smallest absolute Gasteiger partial charge is 0.242 e. The third kappa shape index (κ3) is 6.99. The first-order valence-corrected chi connectivity index (χ1v) is 11.0. The standard InChI is InChI=1S/C23H30N2O4S/c1-5-24-23(27)17(2)25(14-18-6-10-20(28-3)11-7-18)22(26)16-30-15-19-8-12-21(29-4)13-9-19/h6-13,17H,5,14-16H2,1-4H3,(H,24,27). The molecule has 2 aromatic rings. The predicted molar refractivity (Wildman–Crippen MR) is 121 cm³/mol. The van der Waals surface area contributed by atoms with Gasteiger partial charge in [0.25, 0.3) is 0 Å². The topological polar surface area (TPSA) is 67.9 Å². The third-order valence-electron chi connectivity index (χ3n) is 4.68. The van der Waals surface area contributed by atoms with Crippen molar-refractivity contribution in [2.24, 2.45) is 0 Å². The maximum atomic E-state index is 13.0. The normalized spacial score (nSPS) is 11.5. The van der Waals surface area contributed by atoms with Crippen molar-refractivity contribution in [1.29, 1.82) is 0 Å². The molecule has 1 N–H and O–H groups in total. The third-order valence-corrected chi connectivity index (χ3v) is 5.67. The van der Waals surface area contributed by atoms with Crippen LogP contribution in [0.1, 0.15) is 25.0 Å². The second-order valence-electron chi connectivity index (χ2n) is 6.78. The summed E-state index contributed by atoms with van der Waals surface area (Å²) in [6.45, 7) is 4.52. The molecule has 0 bridgehead atoms. The number of ether oxygens (including phenoxy) is 2. The highest BCUT2D eigenvalue weighted by Gasteiger charge is 2.25. The first-order chi connectivity index (χ1) is 14.5. The lowest BCUT2D eigenvalue weighted by Gasteiger charge is -2.28. The SMILES string of the molecule is CCNC(=O)C(C)N(Cc1ccc(OC)cc1)C(=O)CSCc1ccc(OC)cc1. The van der Waals surface area contributed by atoms with Gasteiger partial charge in [-0.15, -0.1) is 11.8 Å². The van der Waals surface area contributed by atoms with Gasteiger partial charge in [-0.1, -0.05) is 24.3 Å². The van der Waals surface area contributed by atoms with E-state index in [1.165, 1.54) is 11.8 Å². The predicted octanol–water partition coefficient (Wildman–Crippen LogP) is 3.49. The van der Waals surface area contributed by atoms with Gasteiger partial charge in [0, 0.05) is 18.8 Å². The van der Waals surface area contributed by atoms with Crippen LogP contribution >= 0.6 is 11.8 Å². The number of rotatable bonds is 11. The number of hydrogen-bond donors (Lipinski definition) is 1. The van der Waals surface area contributed by atoms with Crippen LogP contribution in [0.25, 0.3) is 0 Å². The van der Waals surface area contributed by atoms with Crippen LogP contribution in [0, 0.1) is 0 Å². The van der Waals surface area contributed by atoms with Gasteiger partial charge >= 0.3 is 0 Å². The van der Waals surface area contributed by atoms with Crippen LogP contribution in [0.3, 0.4) is 0 Å². The second-order valence-corrected chi connectivity index (χ2v) is 7.77. The zero-order valence-corrected chi connectivity index (χ0v) is 18.8. The fourth-order valence-corrected chi connectivity index (χ4v) is 3.76. The van der Waals surface area contributed by atoms with Crippen LogP contribution in [-0.4, -0.2) is 49.3 Å². The van der Waals surface area contributed by atoms with E-state index < -0.39 is 6.04 Å². The molecule has 1 unspecified atom stereocenters. The summed E-state index contributed by atoms with van der Waals surface area (Å²) in [4.78, 5) is 27.0. The highest BCUT2D eigenvalue weighted by Crippen LogP contribution is 2.19. The Kier molecular flexibility index (Phi) is 9.54. The molecule has 0 fully saturated rings. The van der Waals surface area contributed by atoms with Crippen molar-refractivity contribution >= 4 is 23.6 Å². The van der Waals surface area contributed by atoms with Gasteiger partial charge in [-0.3, -0.25) is 9.59 Å². The lowest BCUT2D eigenvalue weighted by Crippen LogP contribution is -2.48. The molecule has 0 spiro atoms. The number of amides is 2. The molecular formula is C23H30N2O4S. The monoisotopic (exact) mass is 430 g/mol. The summed E-state index contributed by atoms with van der Waals surface area (Å²) in [5, 5.41) is 2.81. The van der Waals surface area contributed by atoms with Crippen molar-refractivity contribution in [2.45, 2.75) is 32.2 Å². The highest BCUT2D eigenvalue weighted by atomic mass is 32.2. The second kappa shape index (κ2) is 12.1. The molecule has 7 heteroatoms. The van der Waals surface area contributed by atoms with Crippen molar-refractivity contribution in [3.63, 3.8) is 0 Å². The lowest BCUT2D eigenvalue weighted by atomic mass is 10.1. The van der Waals surface area contributed by atoms with Crippen LogP contribution in [0.2, 0.25) is 0 Å². The number of benzene rings is 2. The molecule has 0 saturated carbocycles. The summed E-state index contributed by atoms with van der Waals surface area (Å²) in [5.41, 5.74) is 2.06. The molecule has 6 nitrogen and oxygen atoms in total. The van der Waals surface area contributed by atoms with E-state index in [4.69, 9.17) is 9.47 Å². The summed E-state index contributed by atoms with van der Waals surface area (Å²) in [6, 6.07) is 14.8. The van der Waals surface area contributed by atoms with Crippen LogP contribution in [-0.2, 0) is 21.9 Å². The maximum absolute atomic E-state index is 13.0. The lowest BCUT2D eigenvalue weighted by molar-refractivity contribution is -0.138. The Morgan fingerprint density at radius 2 is 1.50 bits per heavy atom. The molecule has 0 radical (unpaired) electrons. The van der Waals surface area contributed by atoms with E-state index in [-0.39, 0.29) is 11.8 Å². The van der Waals surface area contributed by atoms with E-state index in [1.807, 2.05) is 55.5 Å². The number of nitrogens with one attached hydrogen (secondary N) is 1. The fraction of sp³-hybridized carbons (Fsp3) is 0.391. The van der Waals surface area contributed by atoms with Gasteiger partial charge in [-0.2, -0.15) is 0 Å². The van der Waals surface area contributed by atoms with Gasteiger partial charge in [0.15, 0.2) is 0 Å². The molecule has 2 rings (SSSR count). The van der Waals surface area contributed by atoms with Gasteiger partial charge in [0.05, 0.1) is 20.0 Å². The first-order valence-electron chi connectivity index (χ1n) is 9.89. The summed E-state index contributed by atoms with van der Waals surface area (Å²) < 4.78 is 10.4. The van der Waals surface area contributed by atoms with E-state index in [0.29, 0.717) is 24.6 Å². The molecule has 30 heavy (non-hydrogen) atoms. The van der Waals surface area contributed by atoms with Crippen molar-refractivity contribution in [3.05, 3.63) is 59.7 Å². The quantitative estimate of drug-likeness (QED) is 0.591. The number of thioether (sulfide) groups is 1. The minimum Gasteiger partial charge on any atom is -0.497 e. The van der Waals surface area contributed by atoms with Crippen LogP contribution in [0.4, 0.5) is 0 Å². The zero-order valence-electron chi connectivity index (χ0n) is 18.0. The summed E-state index contributed by atoms with van der Waals surface area (Å²) >= 11 is 1.53. The molecule has 0 aromatic heterocycles. The van der Waals surface area contributed by atoms with Gasteiger partial charge < -0.3 is 19.7 Å². The van der Waals surface area contributed by atoms with Crippen LogP contribution < -0.4 is 14.8 Å². The van der Waals surface area contributed by atoms with E-state index in [0.717, 1.165) is 22.6 Å². The molecule has 2 amide bonds. The molecule has 0 aliphatic heterocycles. The summed E-state index contributed by atoms with van der Waals surface area (Å²) in [6.07, 6.45) is 0. The highest BCUT2D eigenvalue weighted by molar-refractivity contribution is 7.99. The first kappa shape index (κ1) is 23.6. The molecule has 0 aliphatic carbocycles. The summed E-state index contributed by atoms with van der Waals surface area (Å²) in [5.74, 6) is 2.35. The van der Waals surface area contributed by atoms with Crippen molar-refractivity contribution in [1.82, 2.24) is 10.2 Å². The Bertz CT molecular complexity index is 809.